The molecule has 0 radical (unpaired) electrons. The van der Waals surface area contributed by atoms with Crippen LogP contribution in [-0.4, -0.2) is 18.0 Å². The highest BCUT2D eigenvalue weighted by molar-refractivity contribution is 7.09. The molecule has 0 fully saturated rings. The number of thiazole rings is 1. The normalized spacial score (nSPS) is 11.9. The second-order valence-electron chi connectivity index (χ2n) is 4.73. The van der Waals surface area contributed by atoms with Crippen molar-refractivity contribution >= 4 is 28.6 Å². The smallest absolute Gasteiger partial charge is 0.191 e. The maximum absolute atomic E-state index is 4.60. The van der Waals surface area contributed by atoms with Crippen molar-refractivity contribution in [2.45, 2.75) is 32.9 Å². The third-order valence-electron chi connectivity index (χ3n) is 2.83. The molecule has 0 bridgehead atoms. The molecule has 0 aliphatic rings. The van der Waals surface area contributed by atoms with Gasteiger partial charge in [-0.2, -0.15) is 11.3 Å². The zero-order chi connectivity index (χ0) is 14.4. The van der Waals surface area contributed by atoms with Crippen molar-refractivity contribution in [2.24, 2.45) is 4.99 Å². The number of nitrogens with one attached hydrogen (secondary N) is 2. The number of aromatic nitrogens is 1. The summed E-state index contributed by atoms with van der Waals surface area (Å²) >= 11 is 3.40. The number of rotatable bonds is 5. The molecule has 0 saturated carbocycles. The molecule has 2 rings (SSSR count). The first-order valence-corrected chi connectivity index (χ1v) is 8.41. The fourth-order valence-electron chi connectivity index (χ4n) is 1.63. The van der Waals surface area contributed by atoms with Gasteiger partial charge in [0.15, 0.2) is 5.96 Å². The second kappa shape index (κ2) is 7.40. The van der Waals surface area contributed by atoms with E-state index >= 15 is 0 Å². The predicted molar refractivity (Wildman–Crippen MR) is 87.6 cm³/mol. The Kier molecular flexibility index (Phi) is 5.55. The molecule has 0 aliphatic carbocycles. The monoisotopic (exact) mass is 308 g/mol. The number of nitrogens with zero attached hydrogens (tertiary/aromatic N) is 2. The molecule has 6 heteroatoms. The summed E-state index contributed by atoms with van der Waals surface area (Å²) in [5.74, 6) is 1.29. The largest absolute Gasteiger partial charge is 0.352 e. The van der Waals surface area contributed by atoms with Gasteiger partial charge >= 0.3 is 0 Å². The van der Waals surface area contributed by atoms with E-state index in [1.165, 1.54) is 5.56 Å². The summed E-state index contributed by atoms with van der Waals surface area (Å²) in [6.07, 6.45) is 0. The summed E-state index contributed by atoms with van der Waals surface area (Å²) in [6, 6.07) is 2.11. The fraction of sp³-hybridized carbons (Fsp3) is 0.429. The van der Waals surface area contributed by atoms with Gasteiger partial charge in [0.05, 0.1) is 12.2 Å². The van der Waals surface area contributed by atoms with Gasteiger partial charge in [0.25, 0.3) is 0 Å². The van der Waals surface area contributed by atoms with Crippen LogP contribution in [0.4, 0.5) is 0 Å². The van der Waals surface area contributed by atoms with E-state index < -0.39 is 0 Å². The van der Waals surface area contributed by atoms with Crippen molar-refractivity contribution < 1.29 is 0 Å². The topological polar surface area (TPSA) is 49.3 Å². The first-order chi connectivity index (χ1) is 9.69. The van der Waals surface area contributed by atoms with E-state index in [-0.39, 0.29) is 0 Å². The molecule has 0 aromatic carbocycles. The Labute approximate surface area is 128 Å². The maximum Gasteiger partial charge on any atom is 0.191 e. The van der Waals surface area contributed by atoms with E-state index in [1.54, 1.807) is 29.7 Å². The van der Waals surface area contributed by atoms with Crippen LogP contribution in [0, 0.1) is 0 Å². The van der Waals surface area contributed by atoms with E-state index in [9.17, 15) is 0 Å². The van der Waals surface area contributed by atoms with Gasteiger partial charge in [-0.25, -0.2) is 4.98 Å². The van der Waals surface area contributed by atoms with Crippen LogP contribution in [0.2, 0.25) is 0 Å². The van der Waals surface area contributed by atoms with Crippen molar-refractivity contribution in [2.75, 3.05) is 7.05 Å². The van der Waals surface area contributed by atoms with Gasteiger partial charge < -0.3 is 10.6 Å². The Morgan fingerprint density at radius 2 is 2.10 bits per heavy atom. The van der Waals surface area contributed by atoms with Crippen molar-refractivity contribution in [1.29, 1.82) is 0 Å². The lowest BCUT2D eigenvalue weighted by atomic mass is 10.2. The van der Waals surface area contributed by atoms with E-state index in [4.69, 9.17) is 0 Å². The summed E-state index contributed by atoms with van der Waals surface area (Å²) < 4.78 is 0. The van der Waals surface area contributed by atoms with Crippen LogP contribution < -0.4 is 10.6 Å². The number of guanidine groups is 1. The zero-order valence-corrected chi connectivity index (χ0v) is 13.6. The standard InChI is InChI=1S/C14H20N4S2/c1-10(2)12-9-20-13(18-12)7-17-14(15-3)16-6-11-4-5-19-8-11/h4-5,8-10H,6-7H2,1-3H3,(H2,15,16,17). The Morgan fingerprint density at radius 1 is 1.30 bits per heavy atom. The molecule has 2 aromatic heterocycles. The maximum atomic E-state index is 4.60. The summed E-state index contributed by atoms with van der Waals surface area (Å²) in [4.78, 5) is 8.82. The average Bonchev–Trinajstić information content (AvgIpc) is 3.10. The minimum Gasteiger partial charge on any atom is -0.352 e. The lowest BCUT2D eigenvalue weighted by Gasteiger charge is -2.10. The van der Waals surface area contributed by atoms with Crippen molar-refractivity contribution in [1.82, 2.24) is 15.6 Å². The van der Waals surface area contributed by atoms with Crippen molar-refractivity contribution in [3.05, 3.63) is 38.5 Å². The van der Waals surface area contributed by atoms with Crippen molar-refractivity contribution in [3.63, 3.8) is 0 Å². The number of hydrogen-bond donors (Lipinski definition) is 2. The Balaban J connectivity index is 1.81. The lowest BCUT2D eigenvalue weighted by Crippen LogP contribution is -2.36. The predicted octanol–water partition coefficient (Wildman–Crippen LogP) is 3.19. The van der Waals surface area contributed by atoms with E-state index in [1.807, 2.05) is 0 Å². The molecule has 20 heavy (non-hydrogen) atoms. The van der Waals surface area contributed by atoms with Crippen LogP contribution in [0.15, 0.2) is 27.2 Å². The summed E-state index contributed by atoms with van der Waals surface area (Å²) in [7, 11) is 1.78. The van der Waals surface area contributed by atoms with Gasteiger partial charge in [-0.05, 0) is 28.3 Å². The molecule has 2 heterocycles. The third kappa shape index (κ3) is 4.31. The summed E-state index contributed by atoms with van der Waals surface area (Å²) in [6.45, 7) is 5.82. The minimum atomic E-state index is 0.482. The quantitative estimate of drug-likeness (QED) is 0.659. The minimum absolute atomic E-state index is 0.482. The van der Waals surface area contributed by atoms with E-state index in [2.05, 4.69) is 56.7 Å². The second-order valence-corrected chi connectivity index (χ2v) is 6.45. The van der Waals surface area contributed by atoms with Crippen LogP contribution in [0.5, 0.6) is 0 Å². The highest BCUT2D eigenvalue weighted by Gasteiger charge is 2.06. The fourth-order valence-corrected chi connectivity index (χ4v) is 3.19. The molecule has 0 amide bonds. The van der Waals surface area contributed by atoms with Crippen molar-refractivity contribution in [3.8, 4) is 0 Å². The van der Waals surface area contributed by atoms with Crippen LogP contribution in [0.3, 0.4) is 0 Å². The Bertz CT molecular complexity index is 543. The van der Waals surface area contributed by atoms with Gasteiger partial charge in [0.1, 0.15) is 5.01 Å². The first-order valence-electron chi connectivity index (χ1n) is 6.59. The van der Waals surface area contributed by atoms with E-state index in [0.717, 1.165) is 23.2 Å². The van der Waals surface area contributed by atoms with Crippen LogP contribution in [-0.2, 0) is 13.1 Å². The number of hydrogen-bond acceptors (Lipinski definition) is 4. The molecule has 0 spiro atoms. The first kappa shape index (κ1) is 15.0. The molecule has 2 N–H and O–H groups in total. The van der Waals surface area contributed by atoms with Gasteiger partial charge in [-0.3, -0.25) is 4.99 Å². The van der Waals surface area contributed by atoms with Gasteiger partial charge in [0.2, 0.25) is 0 Å². The van der Waals surface area contributed by atoms with Gasteiger partial charge in [-0.1, -0.05) is 13.8 Å². The van der Waals surface area contributed by atoms with Gasteiger partial charge in [0, 0.05) is 19.0 Å². The molecule has 0 aliphatic heterocycles. The molecular formula is C14H20N4S2. The van der Waals surface area contributed by atoms with Crippen LogP contribution >= 0.6 is 22.7 Å². The SMILES string of the molecule is CN=C(NCc1ccsc1)NCc1nc(C(C)C)cs1. The molecule has 0 unspecified atom stereocenters. The van der Waals surface area contributed by atoms with Crippen LogP contribution in [0.25, 0.3) is 0 Å². The molecule has 0 atom stereocenters. The van der Waals surface area contributed by atoms with Crippen LogP contribution in [0.1, 0.15) is 36.0 Å². The molecule has 4 nitrogen and oxygen atoms in total. The zero-order valence-electron chi connectivity index (χ0n) is 12.0. The summed E-state index contributed by atoms with van der Waals surface area (Å²) in [5, 5.41) is 14.0. The van der Waals surface area contributed by atoms with Gasteiger partial charge in [-0.15, -0.1) is 11.3 Å². The number of aliphatic imine (C=N–C) groups is 1. The Hall–Kier alpha value is -1.40. The molecule has 108 valence electrons. The highest BCUT2D eigenvalue weighted by atomic mass is 32.1. The molecular weight excluding hydrogens is 288 g/mol. The molecule has 2 aromatic rings. The van der Waals surface area contributed by atoms with E-state index in [0.29, 0.717) is 12.5 Å². The summed E-state index contributed by atoms with van der Waals surface area (Å²) in [5.41, 5.74) is 2.43. The average molecular weight is 308 g/mol. The molecule has 0 saturated heterocycles. The Morgan fingerprint density at radius 3 is 2.70 bits per heavy atom. The lowest BCUT2D eigenvalue weighted by molar-refractivity contribution is 0.786. The number of thiophene rings is 1. The highest BCUT2D eigenvalue weighted by Crippen LogP contribution is 2.17. The third-order valence-corrected chi connectivity index (χ3v) is 4.43.